The van der Waals surface area contributed by atoms with E-state index in [-0.39, 0.29) is 0 Å². The van der Waals surface area contributed by atoms with Gasteiger partial charge in [-0.2, -0.15) is 0 Å². The van der Waals surface area contributed by atoms with Crippen LogP contribution in [0.5, 0.6) is 0 Å². The molecular weight excluding hydrogens is 362 g/mol. The Bertz CT molecular complexity index is 1240. The summed E-state index contributed by atoms with van der Waals surface area (Å²) in [7, 11) is 0. The lowest BCUT2D eigenvalue weighted by atomic mass is 10.1. The fourth-order valence-electron chi connectivity index (χ4n) is 3.44. The summed E-state index contributed by atoms with van der Waals surface area (Å²) in [6.45, 7) is 2.12. The number of hydrogen-bond donors (Lipinski definition) is 2. The van der Waals surface area contributed by atoms with Gasteiger partial charge in [0, 0.05) is 27.4 Å². The Morgan fingerprint density at radius 1 is 0.857 bits per heavy atom. The van der Waals surface area contributed by atoms with Crippen LogP contribution in [0, 0.1) is 6.92 Å². The zero-order valence-electron chi connectivity index (χ0n) is 15.4. The van der Waals surface area contributed by atoms with Crippen molar-refractivity contribution >= 4 is 33.1 Å². The lowest BCUT2D eigenvalue weighted by Crippen LogP contribution is -1.92. The van der Waals surface area contributed by atoms with Crippen LogP contribution < -0.4 is 5.32 Å². The molecule has 0 bridgehead atoms. The van der Waals surface area contributed by atoms with Crippen molar-refractivity contribution in [3.05, 3.63) is 89.8 Å². The number of thiazole rings is 1. The number of anilines is 2. The molecule has 28 heavy (non-hydrogen) atoms. The van der Waals surface area contributed by atoms with Crippen LogP contribution in [-0.2, 0) is 0 Å². The largest absolute Gasteiger partial charge is 0.353 e. The van der Waals surface area contributed by atoms with E-state index in [2.05, 4.69) is 77.2 Å². The van der Waals surface area contributed by atoms with Gasteiger partial charge in [-0.05, 0) is 19.1 Å². The van der Waals surface area contributed by atoms with Crippen molar-refractivity contribution in [2.75, 3.05) is 5.32 Å². The van der Waals surface area contributed by atoms with Crippen LogP contribution in [0.1, 0.15) is 5.56 Å². The third kappa shape index (κ3) is 3.08. The summed E-state index contributed by atoms with van der Waals surface area (Å²) in [6.07, 6.45) is 0. The smallest absolute Gasteiger partial charge is 0.187 e. The van der Waals surface area contributed by atoms with Crippen molar-refractivity contribution in [1.82, 2.24) is 9.97 Å². The van der Waals surface area contributed by atoms with Crippen molar-refractivity contribution in [1.29, 1.82) is 0 Å². The zero-order chi connectivity index (χ0) is 18.9. The number of nitrogens with one attached hydrogen (secondary N) is 2. The first-order chi connectivity index (χ1) is 13.8. The normalized spacial score (nSPS) is 11.0. The highest BCUT2D eigenvalue weighted by atomic mass is 32.1. The molecule has 0 aliphatic rings. The molecule has 0 radical (unpaired) electrons. The summed E-state index contributed by atoms with van der Waals surface area (Å²) < 4.78 is 0. The van der Waals surface area contributed by atoms with Crippen molar-refractivity contribution in [2.24, 2.45) is 0 Å². The van der Waals surface area contributed by atoms with Gasteiger partial charge in [-0.3, -0.25) is 0 Å². The molecule has 0 aliphatic carbocycles. The Hall–Kier alpha value is -3.37. The number of rotatable bonds is 4. The average molecular weight is 382 g/mol. The molecule has 0 aliphatic heterocycles. The Morgan fingerprint density at radius 3 is 2.32 bits per heavy atom. The number of aryl methyl sites for hydroxylation is 1. The molecule has 0 atom stereocenters. The van der Waals surface area contributed by atoms with Gasteiger partial charge in [0.05, 0.1) is 17.1 Å². The van der Waals surface area contributed by atoms with Crippen LogP contribution in [0.2, 0.25) is 0 Å². The molecule has 4 heteroatoms. The van der Waals surface area contributed by atoms with Crippen LogP contribution in [0.15, 0.2) is 84.2 Å². The third-order valence-electron chi connectivity index (χ3n) is 4.82. The topological polar surface area (TPSA) is 40.7 Å². The Labute approximate surface area is 167 Å². The van der Waals surface area contributed by atoms with Gasteiger partial charge < -0.3 is 10.3 Å². The minimum Gasteiger partial charge on any atom is -0.353 e. The number of aromatic amines is 1. The first-order valence-electron chi connectivity index (χ1n) is 9.24. The summed E-state index contributed by atoms with van der Waals surface area (Å²) in [5.41, 5.74) is 7.77. The summed E-state index contributed by atoms with van der Waals surface area (Å²) in [4.78, 5) is 8.39. The van der Waals surface area contributed by atoms with Gasteiger partial charge >= 0.3 is 0 Å². The maximum absolute atomic E-state index is 4.81. The molecule has 0 fully saturated rings. The van der Waals surface area contributed by atoms with E-state index >= 15 is 0 Å². The van der Waals surface area contributed by atoms with E-state index in [1.807, 2.05) is 24.3 Å². The van der Waals surface area contributed by atoms with E-state index in [9.17, 15) is 0 Å². The predicted octanol–water partition coefficient (Wildman–Crippen LogP) is 7.01. The number of aromatic nitrogens is 2. The highest BCUT2D eigenvalue weighted by molar-refractivity contribution is 7.14. The SMILES string of the molecule is Cc1ccc2[nH]c(-c3ccccc3)c(Nc3nc(-c4ccccc4)cs3)c2c1. The van der Waals surface area contributed by atoms with Crippen LogP contribution in [-0.4, -0.2) is 9.97 Å². The number of nitrogens with zero attached hydrogens (tertiary/aromatic N) is 1. The molecule has 0 unspecified atom stereocenters. The van der Waals surface area contributed by atoms with E-state index in [4.69, 9.17) is 4.98 Å². The zero-order valence-corrected chi connectivity index (χ0v) is 16.3. The maximum atomic E-state index is 4.81. The molecule has 2 aromatic heterocycles. The maximum Gasteiger partial charge on any atom is 0.187 e. The molecular formula is C24H19N3S. The fourth-order valence-corrected chi connectivity index (χ4v) is 4.16. The molecule has 0 saturated heterocycles. The molecule has 3 nitrogen and oxygen atoms in total. The van der Waals surface area contributed by atoms with Gasteiger partial charge in [0.25, 0.3) is 0 Å². The van der Waals surface area contributed by atoms with Crippen LogP contribution in [0.25, 0.3) is 33.4 Å². The standard InChI is InChI=1S/C24H19N3S/c1-16-12-13-20-19(14-16)23(22(25-20)18-10-6-3-7-11-18)27-24-26-21(15-28-24)17-8-4-2-5-9-17/h2-15,25H,1H3,(H,26,27). The van der Waals surface area contributed by atoms with E-state index in [0.717, 1.165) is 38.9 Å². The first-order valence-corrected chi connectivity index (χ1v) is 10.1. The number of hydrogen-bond acceptors (Lipinski definition) is 3. The van der Waals surface area contributed by atoms with Gasteiger partial charge in [-0.1, -0.05) is 72.3 Å². The first kappa shape index (κ1) is 16.8. The second-order valence-corrected chi connectivity index (χ2v) is 7.68. The Kier molecular flexibility index (Phi) is 4.18. The minimum absolute atomic E-state index is 0.887. The van der Waals surface area contributed by atoms with Gasteiger partial charge in [0.2, 0.25) is 0 Å². The molecule has 0 amide bonds. The molecule has 0 saturated carbocycles. The quantitative estimate of drug-likeness (QED) is 0.351. The lowest BCUT2D eigenvalue weighted by Gasteiger charge is -2.06. The van der Waals surface area contributed by atoms with E-state index in [1.54, 1.807) is 11.3 Å². The fraction of sp³-hybridized carbons (Fsp3) is 0.0417. The number of H-pyrrole nitrogens is 1. The van der Waals surface area contributed by atoms with E-state index in [0.29, 0.717) is 0 Å². The van der Waals surface area contributed by atoms with Gasteiger partial charge in [0.15, 0.2) is 5.13 Å². The van der Waals surface area contributed by atoms with E-state index < -0.39 is 0 Å². The van der Waals surface area contributed by atoms with Crippen LogP contribution in [0.4, 0.5) is 10.8 Å². The highest BCUT2D eigenvalue weighted by Gasteiger charge is 2.15. The molecule has 2 heterocycles. The average Bonchev–Trinajstić information content (AvgIpc) is 3.35. The predicted molar refractivity (Wildman–Crippen MR) is 119 cm³/mol. The summed E-state index contributed by atoms with van der Waals surface area (Å²) in [6, 6.07) is 27.2. The monoisotopic (exact) mass is 381 g/mol. The lowest BCUT2D eigenvalue weighted by molar-refractivity contribution is 1.38. The van der Waals surface area contributed by atoms with Crippen molar-refractivity contribution in [3.8, 4) is 22.5 Å². The van der Waals surface area contributed by atoms with Crippen molar-refractivity contribution < 1.29 is 0 Å². The molecule has 2 N–H and O–H groups in total. The Morgan fingerprint density at radius 2 is 1.57 bits per heavy atom. The van der Waals surface area contributed by atoms with E-state index in [1.165, 1.54) is 10.9 Å². The van der Waals surface area contributed by atoms with Crippen molar-refractivity contribution in [2.45, 2.75) is 6.92 Å². The van der Waals surface area contributed by atoms with Gasteiger partial charge in [0.1, 0.15) is 0 Å². The van der Waals surface area contributed by atoms with Gasteiger partial charge in [-0.15, -0.1) is 11.3 Å². The highest BCUT2D eigenvalue weighted by Crippen LogP contribution is 2.38. The summed E-state index contributed by atoms with van der Waals surface area (Å²) >= 11 is 1.62. The molecule has 5 rings (SSSR count). The number of benzene rings is 3. The molecule has 5 aromatic rings. The number of fused-ring (bicyclic) bond motifs is 1. The molecule has 136 valence electrons. The molecule has 0 spiro atoms. The molecule has 3 aromatic carbocycles. The second-order valence-electron chi connectivity index (χ2n) is 6.82. The summed E-state index contributed by atoms with van der Waals surface area (Å²) in [5, 5.41) is 7.75. The van der Waals surface area contributed by atoms with Crippen molar-refractivity contribution in [3.63, 3.8) is 0 Å². The summed E-state index contributed by atoms with van der Waals surface area (Å²) in [5.74, 6) is 0. The van der Waals surface area contributed by atoms with Crippen LogP contribution >= 0.6 is 11.3 Å². The van der Waals surface area contributed by atoms with Gasteiger partial charge in [-0.25, -0.2) is 4.98 Å². The van der Waals surface area contributed by atoms with Crippen LogP contribution in [0.3, 0.4) is 0 Å². The minimum atomic E-state index is 0.887. The second kappa shape index (κ2) is 6.98. The Balaban J connectivity index is 1.60. The third-order valence-corrected chi connectivity index (χ3v) is 5.58.